The van der Waals surface area contributed by atoms with Crippen molar-refractivity contribution < 1.29 is 14.3 Å². The lowest BCUT2D eigenvalue weighted by molar-refractivity contribution is 0.136. The molecule has 0 unspecified atom stereocenters. The van der Waals surface area contributed by atoms with Gasteiger partial charge in [0.2, 0.25) is 5.95 Å². The summed E-state index contributed by atoms with van der Waals surface area (Å²) in [4.78, 5) is 24.8. The summed E-state index contributed by atoms with van der Waals surface area (Å²) < 4.78 is 11.2. The van der Waals surface area contributed by atoms with E-state index in [0.29, 0.717) is 18.4 Å². The number of amides is 1. The molecule has 3 N–H and O–H groups in total. The maximum Gasteiger partial charge on any atom is 0.408 e. The van der Waals surface area contributed by atoms with Crippen LogP contribution >= 0.6 is 0 Å². The Balaban J connectivity index is 1.13. The molecule has 180 valence electrons. The molecular formula is C27H24N6O3. The second-order valence-electron chi connectivity index (χ2n) is 8.83. The molecule has 1 amide bonds. The number of ether oxygens (including phenoxy) is 2. The van der Waals surface area contributed by atoms with Crippen molar-refractivity contribution in [2.75, 3.05) is 10.6 Å². The second kappa shape index (κ2) is 9.18. The maximum absolute atomic E-state index is 11.6. The smallest absolute Gasteiger partial charge is 0.408 e. The highest BCUT2D eigenvalue weighted by molar-refractivity contribution is 5.72. The molecule has 2 aromatic heterocycles. The Morgan fingerprint density at radius 2 is 1.94 bits per heavy atom. The van der Waals surface area contributed by atoms with Crippen LogP contribution in [-0.4, -0.2) is 27.1 Å². The van der Waals surface area contributed by atoms with Gasteiger partial charge in [0, 0.05) is 47.5 Å². The van der Waals surface area contributed by atoms with Crippen molar-refractivity contribution in [1.29, 1.82) is 0 Å². The molecule has 36 heavy (non-hydrogen) atoms. The molecule has 1 saturated heterocycles. The molecule has 1 fully saturated rings. The summed E-state index contributed by atoms with van der Waals surface area (Å²) in [5.74, 6) is 1.95. The van der Waals surface area contributed by atoms with Crippen LogP contribution in [0.2, 0.25) is 0 Å². The number of carbonyl (C=O) groups excluding carboxylic acids is 1. The number of benzene rings is 2. The summed E-state index contributed by atoms with van der Waals surface area (Å²) in [7, 11) is 0. The predicted molar refractivity (Wildman–Crippen MR) is 135 cm³/mol. The first-order chi connectivity index (χ1) is 17.6. The number of aromatic nitrogens is 3. The van der Waals surface area contributed by atoms with Crippen molar-refractivity contribution in [1.82, 2.24) is 20.3 Å². The Morgan fingerprint density at radius 1 is 1.08 bits per heavy atom. The number of anilines is 4. The topological polar surface area (TPSA) is 110 Å². The van der Waals surface area contributed by atoms with E-state index in [2.05, 4.69) is 37.0 Å². The normalized spacial score (nSPS) is 17.5. The Labute approximate surface area is 207 Å². The largest absolute Gasteiger partial charge is 0.489 e. The zero-order valence-corrected chi connectivity index (χ0v) is 19.6. The van der Waals surface area contributed by atoms with Gasteiger partial charge in [-0.25, -0.2) is 9.78 Å². The van der Waals surface area contributed by atoms with Gasteiger partial charge >= 0.3 is 6.09 Å². The molecule has 1 aliphatic carbocycles. The van der Waals surface area contributed by atoms with Crippen LogP contribution in [0.3, 0.4) is 0 Å². The van der Waals surface area contributed by atoms with E-state index in [1.165, 1.54) is 5.56 Å². The van der Waals surface area contributed by atoms with E-state index in [4.69, 9.17) is 9.47 Å². The fourth-order valence-electron chi connectivity index (χ4n) is 4.44. The van der Waals surface area contributed by atoms with E-state index < -0.39 is 0 Å². The van der Waals surface area contributed by atoms with Gasteiger partial charge in [0.15, 0.2) is 0 Å². The number of alkyl carbamates (subject to hydrolysis) is 1. The van der Waals surface area contributed by atoms with Crippen molar-refractivity contribution in [3.05, 3.63) is 95.4 Å². The van der Waals surface area contributed by atoms with Crippen molar-refractivity contribution >= 4 is 29.2 Å². The molecule has 0 saturated carbocycles. The lowest BCUT2D eigenvalue weighted by atomic mass is 10.1. The summed E-state index contributed by atoms with van der Waals surface area (Å²) in [5.41, 5.74) is 5.90. The lowest BCUT2D eigenvalue weighted by Crippen LogP contribution is -2.18. The van der Waals surface area contributed by atoms with E-state index in [0.717, 1.165) is 40.2 Å². The highest BCUT2D eigenvalue weighted by atomic mass is 16.6. The highest BCUT2D eigenvalue weighted by Crippen LogP contribution is 2.38. The molecule has 0 spiro atoms. The minimum atomic E-state index is -0.361. The number of aryl methyl sites for hydroxylation is 1. The average molecular weight is 481 g/mol. The number of nitrogens with zero attached hydrogens (tertiary/aromatic N) is 3. The Morgan fingerprint density at radius 3 is 2.78 bits per heavy atom. The molecule has 1 aliphatic heterocycles. The monoisotopic (exact) mass is 480 g/mol. The Hall–Kier alpha value is -4.66. The van der Waals surface area contributed by atoms with Crippen LogP contribution in [0, 0.1) is 6.92 Å². The summed E-state index contributed by atoms with van der Waals surface area (Å²) in [5, 5.41) is 9.52. The molecule has 0 radical (unpaired) electrons. The summed E-state index contributed by atoms with van der Waals surface area (Å²) in [6.07, 6.45) is 5.53. The molecule has 4 aromatic rings. The molecule has 2 aromatic carbocycles. The minimum absolute atomic E-state index is 0.110. The van der Waals surface area contributed by atoms with Crippen LogP contribution in [0.25, 0.3) is 0 Å². The van der Waals surface area contributed by atoms with Crippen LogP contribution < -0.4 is 20.7 Å². The lowest BCUT2D eigenvalue weighted by Gasteiger charge is -2.13. The zero-order chi connectivity index (χ0) is 24.5. The van der Waals surface area contributed by atoms with Gasteiger partial charge in [-0.1, -0.05) is 12.1 Å². The third-order valence-corrected chi connectivity index (χ3v) is 6.28. The molecule has 0 bridgehead atoms. The molecule has 2 atom stereocenters. The van der Waals surface area contributed by atoms with Crippen LogP contribution in [0.15, 0.2) is 73.2 Å². The van der Waals surface area contributed by atoms with Crippen LogP contribution in [-0.2, 0) is 17.8 Å². The van der Waals surface area contributed by atoms with E-state index in [1.807, 2.05) is 55.5 Å². The first kappa shape index (κ1) is 21.8. The van der Waals surface area contributed by atoms with Crippen molar-refractivity contribution in [2.24, 2.45) is 0 Å². The number of carbonyl (C=O) groups is 1. The van der Waals surface area contributed by atoms with Gasteiger partial charge in [-0.3, -0.25) is 4.98 Å². The van der Waals surface area contributed by atoms with Crippen molar-refractivity contribution in [2.45, 2.75) is 32.1 Å². The van der Waals surface area contributed by atoms with Crippen LogP contribution in [0.1, 0.15) is 28.3 Å². The number of nitrogens with one attached hydrogen (secondary N) is 3. The Bertz CT molecular complexity index is 1410. The number of hydrogen-bond donors (Lipinski definition) is 3. The van der Waals surface area contributed by atoms with Crippen molar-refractivity contribution in [3.8, 4) is 5.75 Å². The average Bonchev–Trinajstić information content (AvgIpc) is 3.42. The number of fused-ring (bicyclic) bond motifs is 3. The van der Waals surface area contributed by atoms with E-state index >= 15 is 0 Å². The van der Waals surface area contributed by atoms with E-state index in [1.54, 1.807) is 18.6 Å². The van der Waals surface area contributed by atoms with Gasteiger partial charge in [0.1, 0.15) is 24.3 Å². The Kier molecular flexibility index (Phi) is 5.57. The number of rotatable bonds is 7. The number of hydrogen-bond acceptors (Lipinski definition) is 8. The van der Waals surface area contributed by atoms with Gasteiger partial charge in [-0.15, -0.1) is 0 Å². The van der Waals surface area contributed by atoms with E-state index in [-0.39, 0.29) is 18.2 Å². The summed E-state index contributed by atoms with van der Waals surface area (Å²) in [6.45, 7) is 2.42. The summed E-state index contributed by atoms with van der Waals surface area (Å²) in [6, 6.07) is 17.5. The second-order valence-corrected chi connectivity index (χ2v) is 8.83. The fourth-order valence-corrected chi connectivity index (χ4v) is 4.44. The molecule has 3 heterocycles. The standard InChI is InChI=1S/C27H24N6O3/c1-16-13-29-26(31-20-5-4-18-11-23-24(22(18)12-20)32-27(34)36-23)33-25(16)30-19-6-8-21(9-7-19)35-15-17-3-2-10-28-14-17/h2-10,12-14,23-24H,11,15H2,1H3,(H,32,34)(H2,29,30,31,33)/t23-,24+/m1/s1. The quantitative estimate of drug-likeness (QED) is 0.341. The summed E-state index contributed by atoms with van der Waals surface area (Å²) >= 11 is 0. The van der Waals surface area contributed by atoms with Gasteiger partial charge in [0.25, 0.3) is 0 Å². The molecule has 6 rings (SSSR count). The number of pyridine rings is 1. The maximum atomic E-state index is 11.6. The first-order valence-electron chi connectivity index (χ1n) is 11.7. The van der Waals surface area contributed by atoms with Gasteiger partial charge in [-0.05, 0) is 60.5 Å². The fraction of sp³-hybridized carbons (Fsp3) is 0.185. The van der Waals surface area contributed by atoms with Gasteiger partial charge in [-0.2, -0.15) is 4.98 Å². The first-order valence-corrected chi connectivity index (χ1v) is 11.7. The van der Waals surface area contributed by atoms with E-state index in [9.17, 15) is 4.79 Å². The zero-order valence-electron chi connectivity index (χ0n) is 19.6. The third kappa shape index (κ3) is 4.50. The molecule has 9 nitrogen and oxygen atoms in total. The molecule has 2 aliphatic rings. The van der Waals surface area contributed by atoms with Crippen LogP contribution in [0.5, 0.6) is 5.75 Å². The molecule has 9 heteroatoms. The predicted octanol–water partition coefficient (Wildman–Crippen LogP) is 4.95. The third-order valence-electron chi connectivity index (χ3n) is 6.28. The van der Waals surface area contributed by atoms with Crippen LogP contribution in [0.4, 0.5) is 27.9 Å². The minimum Gasteiger partial charge on any atom is -0.489 e. The van der Waals surface area contributed by atoms with Gasteiger partial charge < -0.3 is 25.4 Å². The van der Waals surface area contributed by atoms with Crippen molar-refractivity contribution in [3.63, 3.8) is 0 Å². The molecular weight excluding hydrogens is 456 g/mol. The SMILES string of the molecule is Cc1cnc(Nc2ccc3c(c2)[C@@H]2NC(=O)O[C@@H]2C3)nc1Nc1ccc(OCc2cccnc2)cc1. The van der Waals surface area contributed by atoms with Gasteiger partial charge in [0.05, 0.1) is 6.04 Å². The highest BCUT2D eigenvalue weighted by Gasteiger charge is 2.41.